The molecule has 0 aliphatic heterocycles. The van der Waals surface area contributed by atoms with Gasteiger partial charge in [0.1, 0.15) is 12.6 Å². The van der Waals surface area contributed by atoms with Gasteiger partial charge in [-0.05, 0) is 30.3 Å². The van der Waals surface area contributed by atoms with E-state index in [1.54, 1.807) is 36.4 Å². The van der Waals surface area contributed by atoms with Crippen LogP contribution in [0.5, 0.6) is 0 Å². The van der Waals surface area contributed by atoms with Crippen LogP contribution in [0.15, 0.2) is 47.1 Å². The van der Waals surface area contributed by atoms with Gasteiger partial charge in [0.15, 0.2) is 5.76 Å². The van der Waals surface area contributed by atoms with Crippen molar-refractivity contribution in [1.29, 1.82) is 0 Å². The summed E-state index contributed by atoms with van der Waals surface area (Å²) in [5, 5.41) is 15.7. The predicted octanol–water partition coefficient (Wildman–Crippen LogP) is 0.144. The number of nitrogens with two attached hydrogens (primary N) is 1. The lowest BCUT2D eigenvalue weighted by Crippen LogP contribution is -2.92. The Morgan fingerprint density at radius 3 is 2.77 bits per heavy atom. The highest BCUT2D eigenvalue weighted by atomic mass is 35.5. The second kappa shape index (κ2) is 7.63. The van der Waals surface area contributed by atoms with Gasteiger partial charge in [-0.25, -0.2) is 0 Å². The van der Waals surface area contributed by atoms with E-state index in [1.807, 2.05) is 0 Å². The highest BCUT2D eigenvalue weighted by molar-refractivity contribution is 6.30. The second-order valence-corrected chi connectivity index (χ2v) is 5.14. The maximum atomic E-state index is 11.9. The number of rotatable bonds is 7. The van der Waals surface area contributed by atoms with E-state index in [4.69, 9.17) is 16.0 Å². The number of carbonyl (C=O) groups is 2. The third-order valence-electron chi connectivity index (χ3n) is 3.00. The molecule has 6 nitrogen and oxygen atoms in total. The van der Waals surface area contributed by atoms with Gasteiger partial charge in [0.2, 0.25) is 5.91 Å². The first-order chi connectivity index (χ1) is 10.5. The van der Waals surface area contributed by atoms with Crippen LogP contribution in [0.25, 0.3) is 0 Å². The molecule has 0 saturated carbocycles. The minimum absolute atomic E-state index is 0.213. The fourth-order valence-corrected chi connectivity index (χ4v) is 2.12. The Hall–Kier alpha value is -2.31. The predicted molar refractivity (Wildman–Crippen MR) is 77.8 cm³/mol. The van der Waals surface area contributed by atoms with Crippen molar-refractivity contribution in [3.8, 4) is 0 Å². The minimum atomic E-state index is -1.30. The van der Waals surface area contributed by atoms with Gasteiger partial charge in [0, 0.05) is 10.7 Å². The van der Waals surface area contributed by atoms with E-state index in [2.05, 4.69) is 5.32 Å². The van der Waals surface area contributed by atoms with Gasteiger partial charge in [-0.2, -0.15) is 0 Å². The number of carboxylic acids is 1. The molecule has 3 N–H and O–H groups in total. The number of furan rings is 1. The van der Waals surface area contributed by atoms with Crippen LogP contribution in [0, 0.1) is 0 Å². The van der Waals surface area contributed by atoms with E-state index in [0.29, 0.717) is 23.0 Å². The van der Waals surface area contributed by atoms with Gasteiger partial charge in [-0.3, -0.25) is 4.79 Å². The minimum Gasteiger partial charge on any atom is -0.544 e. The normalized spacial score (nSPS) is 11.9. The first kappa shape index (κ1) is 16.1. The first-order valence-corrected chi connectivity index (χ1v) is 7.04. The number of quaternary nitrogens is 1. The molecule has 7 heteroatoms. The number of carboxylic acid groups (broad SMARTS) is 1. The average molecular weight is 323 g/mol. The molecular weight excluding hydrogens is 308 g/mol. The van der Waals surface area contributed by atoms with E-state index in [9.17, 15) is 14.7 Å². The number of aliphatic carboxylic acids is 1. The summed E-state index contributed by atoms with van der Waals surface area (Å²) in [4.78, 5) is 23.0. The number of hydrogen-bond donors (Lipinski definition) is 2. The Kier molecular flexibility index (Phi) is 5.57. The highest BCUT2D eigenvalue weighted by Crippen LogP contribution is 2.15. The van der Waals surface area contributed by atoms with Crippen LogP contribution in [0.2, 0.25) is 5.02 Å². The number of halogens is 1. The largest absolute Gasteiger partial charge is 0.544 e. The standard InChI is InChI=1S/C15H15ClN2O4/c16-10-3-1-4-11(7-10)18-14(19)8-13(15(20)21)17-9-12-5-2-6-22-12/h1-7,13,17H,8-9H2,(H,18,19)(H,20,21)/t13-/m1/s1. The number of anilines is 1. The molecule has 0 aliphatic carbocycles. The third kappa shape index (κ3) is 4.91. The summed E-state index contributed by atoms with van der Waals surface area (Å²) >= 11 is 5.82. The number of amides is 1. The monoisotopic (exact) mass is 322 g/mol. The van der Waals surface area contributed by atoms with E-state index in [1.165, 1.54) is 11.6 Å². The molecule has 0 aliphatic rings. The Balaban J connectivity index is 1.89. The van der Waals surface area contributed by atoms with Crippen molar-refractivity contribution in [2.45, 2.75) is 19.0 Å². The lowest BCUT2D eigenvalue weighted by atomic mass is 10.2. The summed E-state index contributed by atoms with van der Waals surface area (Å²) in [6, 6.07) is 9.07. The first-order valence-electron chi connectivity index (χ1n) is 6.66. The zero-order chi connectivity index (χ0) is 15.9. The quantitative estimate of drug-likeness (QED) is 0.757. The van der Waals surface area contributed by atoms with Crippen molar-refractivity contribution in [3.63, 3.8) is 0 Å². The number of nitrogens with one attached hydrogen (secondary N) is 1. The summed E-state index contributed by atoms with van der Waals surface area (Å²) in [5.41, 5.74) is 0.514. The molecule has 0 fully saturated rings. The van der Waals surface area contributed by atoms with Gasteiger partial charge >= 0.3 is 0 Å². The zero-order valence-electron chi connectivity index (χ0n) is 11.6. The lowest BCUT2D eigenvalue weighted by Gasteiger charge is -2.15. The maximum absolute atomic E-state index is 11.9. The molecule has 1 aromatic carbocycles. The summed E-state index contributed by atoms with van der Waals surface area (Å²) < 4.78 is 5.12. The Bertz CT molecular complexity index is 643. The van der Waals surface area contributed by atoms with Crippen molar-refractivity contribution in [2.75, 3.05) is 5.32 Å². The van der Waals surface area contributed by atoms with Crippen molar-refractivity contribution >= 4 is 29.2 Å². The average Bonchev–Trinajstić information content (AvgIpc) is 2.96. The van der Waals surface area contributed by atoms with Crippen LogP contribution in [-0.2, 0) is 16.1 Å². The summed E-state index contributed by atoms with van der Waals surface area (Å²) in [5.74, 6) is -1.10. The van der Waals surface area contributed by atoms with Gasteiger partial charge in [0.05, 0.1) is 18.7 Å². The van der Waals surface area contributed by atoms with Gasteiger partial charge < -0.3 is 25.0 Å². The van der Waals surface area contributed by atoms with E-state index in [0.717, 1.165) is 0 Å². The molecule has 2 rings (SSSR count). The van der Waals surface area contributed by atoms with Crippen LogP contribution in [0.3, 0.4) is 0 Å². The van der Waals surface area contributed by atoms with Crippen molar-refractivity contribution in [1.82, 2.24) is 0 Å². The van der Waals surface area contributed by atoms with Gasteiger partial charge in [-0.15, -0.1) is 0 Å². The van der Waals surface area contributed by atoms with E-state index in [-0.39, 0.29) is 6.42 Å². The Morgan fingerprint density at radius 1 is 1.32 bits per heavy atom. The molecule has 1 atom stereocenters. The highest BCUT2D eigenvalue weighted by Gasteiger charge is 2.19. The molecular formula is C15H15ClN2O4. The maximum Gasteiger partial charge on any atom is 0.230 e. The van der Waals surface area contributed by atoms with E-state index >= 15 is 0 Å². The topological polar surface area (TPSA) is 99.0 Å². The molecule has 2 aromatic rings. The van der Waals surface area contributed by atoms with Crippen LogP contribution in [0.4, 0.5) is 5.69 Å². The summed E-state index contributed by atoms with van der Waals surface area (Å²) in [6.07, 6.45) is 1.29. The zero-order valence-corrected chi connectivity index (χ0v) is 12.4. The smallest absolute Gasteiger partial charge is 0.230 e. The SMILES string of the molecule is O=C(C[C@@H]([NH2+]Cc1ccco1)C(=O)[O-])Nc1cccc(Cl)c1. The molecule has 0 bridgehead atoms. The summed E-state index contributed by atoms with van der Waals surface area (Å²) in [6.45, 7) is 0.316. The molecule has 1 aromatic heterocycles. The van der Waals surface area contributed by atoms with Gasteiger partial charge in [0.25, 0.3) is 0 Å². The molecule has 0 radical (unpaired) electrons. The van der Waals surface area contributed by atoms with Crippen molar-refractivity contribution < 1.29 is 24.4 Å². The number of benzene rings is 1. The second-order valence-electron chi connectivity index (χ2n) is 4.71. The van der Waals surface area contributed by atoms with Crippen LogP contribution >= 0.6 is 11.6 Å². The Morgan fingerprint density at radius 2 is 2.14 bits per heavy atom. The lowest BCUT2D eigenvalue weighted by molar-refractivity contribution is -0.698. The fraction of sp³-hybridized carbons (Fsp3) is 0.200. The molecule has 0 saturated heterocycles. The number of carbonyl (C=O) groups excluding carboxylic acids is 2. The summed E-state index contributed by atoms with van der Waals surface area (Å²) in [7, 11) is 0. The third-order valence-corrected chi connectivity index (χ3v) is 3.24. The van der Waals surface area contributed by atoms with Gasteiger partial charge in [-0.1, -0.05) is 17.7 Å². The van der Waals surface area contributed by atoms with Crippen LogP contribution in [-0.4, -0.2) is 17.9 Å². The molecule has 1 heterocycles. The van der Waals surface area contributed by atoms with Crippen LogP contribution in [0.1, 0.15) is 12.2 Å². The Labute approximate surface area is 132 Å². The fourth-order valence-electron chi connectivity index (χ4n) is 1.93. The molecule has 22 heavy (non-hydrogen) atoms. The van der Waals surface area contributed by atoms with Crippen LogP contribution < -0.4 is 15.7 Å². The molecule has 0 spiro atoms. The molecule has 0 unspecified atom stereocenters. The van der Waals surface area contributed by atoms with E-state index < -0.39 is 17.9 Å². The molecule has 116 valence electrons. The van der Waals surface area contributed by atoms with Crippen molar-refractivity contribution in [2.24, 2.45) is 0 Å². The van der Waals surface area contributed by atoms with Crippen molar-refractivity contribution in [3.05, 3.63) is 53.4 Å². The molecule has 1 amide bonds. The number of hydrogen-bond acceptors (Lipinski definition) is 4.